The van der Waals surface area contributed by atoms with Crippen LogP contribution in [-0.2, 0) is 11.4 Å². The van der Waals surface area contributed by atoms with Crippen molar-refractivity contribution < 1.29 is 14.3 Å². The zero-order valence-electron chi connectivity index (χ0n) is 9.74. The first-order chi connectivity index (χ1) is 8.60. The molecule has 2 aromatic rings. The van der Waals surface area contributed by atoms with Gasteiger partial charge < -0.3 is 14.8 Å². The van der Waals surface area contributed by atoms with E-state index in [-0.39, 0.29) is 12.5 Å². The Labute approximate surface area is 109 Å². The number of benzene rings is 1. The van der Waals surface area contributed by atoms with E-state index in [1.807, 2.05) is 0 Å². The summed E-state index contributed by atoms with van der Waals surface area (Å²) >= 11 is 6.08. The number of anilines is 1. The molecule has 0 radical (unpaired) electrons. The molecular formula is C13H12ClNO3. The molecule has 0 unspecified atom stereocenters. The van der Waals surface area contributed by atoms with Crippen molar-refractivity contribution in [3.8, 4) is 11.3 Å². The third kappa shape index (κ3) is 2.72. The maximum absolute atomic E-state index is 11.0. The number of furan rings is 1. The smallest absolute Gasteiger partial charge is 0.221 e. The summed E-state index contributed by atoms with van der Waals surface area (Å²) in [6.45, 7) is 1.27. The summed E-state index contributed by atoms with van der Waals surface area (Å²) in [5, 5.41) is 12.1. The Morgan fingerprint density at radius 3 is 2.78 bits per heavy atom. The van der Waals surface area contributed by atoms with Crippen molar-refractivity contribution in [2.24, 2.45) is 0 Å². The quantitative estimate of drug-likeness (QED) is 0.897. The number of carbonyl (C=O) groups excluding carboxylic acids is 1. The molecule has 1 heterocycles. The summed E-state index contributed by atoms with van der Waals surface area (Å²) in [7, 11) is 0. The maximum atomic E-state index is 11.0. The number of carbonyl (C=O) groups is 1. The van der Waals surface area contributed by atoms with E-state index in [1.165, 1.54) is 6.92 Å². The van der Waals surface area contributed by atoms with Crippen molar-refractivity contribution in [2.75, 3.05) is 5.32 Å². The average molecular weight is 266 g/mol. The third-order valence-electron chi connectivity index (χ3n) is 2.37. The van der Waals surface area contributed by atoms with Crippen LogP contribution in [0.4, 0.5) is 5.69 Å². The number of hydrogen-bond acceptors (Lipinski definition) is 3. The molecule has 94 valence electrons. The van der Waals surface area contributed by atoms with E-state index < -0.39 is 0 Å². The summed E-state index contributed by atoms with van der Waals surface area (Å²) in [5.74, 6) is 0.862. The molecule has 0 saturated carbocycles. The van der Waals surface area contributed by atoms with Crippen molar-refractivity contribution in [3.05, 3.63) is 41.1 Å². The highest BCUT2D eigenvalue weighted by molar-refractivity contribution is 6.33. The molecule has 0 atom stereocenters. The molecule has 0 aliphatic carbocycles. The molecule has 2 N–H and O–H groups in total. The van der Waals surface area contributed by atoms with Gasteiger partial charge in [0.05, 0.1) is 5.02 Å². The van der Waals surface area contributed by atoms with Gasteiger partial charge in [0, 0.05) is 18.2 Å². The number of amides is 1. The van der Waals surface area contributed by atoms with Crippen molar-refractivity contribution in [1.82, 2.24) is 0 Å². The van der Waals surface area contributed by atoms with Gasteiger partial charge in [0.1, 0.15) is 18.1 Å². The summed E-state index contributed by atoms with van der Waals surface area (Å²) in [4.78, 5) is 11.0. The molecule has 0 spiro atoms. The minimum Gasteiger partial charge on any atom is -0.459 e. The lowest BCUT2D eigenvalue weighted by atomic mass is 10.1. The first kappa shape index (κ1) is 12.7. The zero-order valence-corrected chi connectivity index (χ0v) is 10.5. The highest BCUT2D eigenvalue weighted by Crippen LogP contribution is 2.31. The first-order valence-corrected chi connectivity index (χ1v) is 5.75. The predicted octanol–water partition coefficient (Wildman–Crippen LogP) is 3.05. The molecule has 1 aromatic heterocycles. The van der Waals surface area contributed by atoms with E-state index in [2.05, 4.69) is 5.32 Å². The van der Waals surface area contributed by atoms with E-state index in [4.69, 9.17) is 21.1 Å². The summed E-state index contributed by atoms with van der Waals surface area (Å²) in [6.07, 6.45) is 0. The van der Waals surface area contributed by atoms with Crippen LogP contribution in [0.3, 0.4) is 0 Å². The Morgan fingerprint density at radius 2 is 2.17 bits per heavy atom. The minimum atomic E-state index is -0.164. The molecule has 0 saturated heterocycles. The molecule has 18 heavy (non-hydrogen) atoms. The molecule has 4 nitrogen and oxygen atoms in total. The van der Waals surface area contributed by atoms with Gasteiger partial charge in [0.15, 0.2) is 0 Å². The second kappa shape index (κ2) is 5.25. The van der Waals surface area contributed by atoms with Crippen LogP contribution in [0, 0.1) is 0 Å². The molecule has 1 amide bonds. The van der Waals surface area contributed by atoms with Crippen molar-refractivity contribution in [2.45, 2.75) is 13.5 Å². The van der Waals surface area contributed by atoms with Gasteiger partial charge in [-0.15, -0.1) is 0 Å². The summed E-state index contributed by atoms with van der Waals surface area (Å²) in [5.41, 5.74) is 1.31. The lowest BCUT2D eigenvalue weighted by molar-refractivity contribution is -0.114. The van der Waals surface area contributed by atoms with Crippen LogP contribution in [0.2, 0.25) is 5.02 Å². The van der Waals surface area contributed by atoms with E-state index in [9.17, 15) is 4.79 Å². The number of hydrogen-bond donors (Lipinski definition) is 2. The van der Waals surface area contributed by atoms with Crippen molar-refractivity contribution >= 4 is 23.2 Å². The second-order valence-corrected chi connectivity index (χ2v) is 4.21. The Kier molecular flexibility index (Phi) is 3.69. The Balaban J connectivity index is 2.39. The van der Waals surface area contributed by atoms with Gasteiger partial charge in [-0.25, -0.2) is 0 Å². The number of aliphatic hydroxyl groups excluding tert-OH is 1. The predicted molar refractivity (Wildman–Crippen MR) is 69.4 cm³/mol. The van der Waals surface area contributed by atoms with Gasteiger partial charge in [-0.3, -0.25) is 4.79 Å². The summed E-state index contributed by atoms with van der Waals surface area (Å²) in [6, 6.07) is 8.53. The van der Waals surface area contributed by atoms with Gasteiger partial charge in [0.2, 0.25) is 5.91 Å². The Morgan fingerprint density at radius 1 is 1.39 bits per heavy atom. The van der Waals surface area contributed by atoms with Gasteiger partial charge in [-0.2, -0.15) is 0 Å². The molecule has 5 heteroatoms. The van der Waals surface area contributed by atoms with Crippen LogP contribution >= 0.6 is 11.6 Å². The van der Waals surface area contributed by atoms with Crippen LogP contribution < -0.4 is 5.32 Å². The fourth-order valence-electron chi connectivity index (χ4n) is 1.60. The van der Waals surface area contributed by atoms with Gasteiger partial charge in [0.25, 0.3) is 0 Å². The highest BCUT2D eigenvalue weighted by atomic mass is 35.5. The average Bonchev–Trinajstić information content (AvgIpc) is 2.79. The lowest BCUT2D eigenvalue weighted by Crippen LogP contribution is -2.05. The summed E-state index contributed by atoms with van der Waals surface area (Å²) < 4.78 is 5.41. The third-order valence-corrected chi connectivity index (χ3v) is 2.70. The number of halogens is 1. The van der Waals surface area contributed by atoms with Crippen LogP contribution in [0.1, 0.15) is 12.7 Å². The monoisotopic (exact) mass is 265 g/mol. The normalized spacial score (nSPS) is 10.4. The van der Waals surface area contributed by atoms with Gasteiger partial charge >= 0.3 is 0 Å². The number of rotatable bonds is 3. The van der Waals surface area contributed by atoms with Crippen molar-refractivity contribution in [1.29, 1.82) is 0 Å². The van der Waals surface area contributed by atoms with Crippen LogP contribution in [0.5, 0.6) is 0 Å². The zero-order chi connectivity index (χ0) is 13.1. The number of nitrogens with one attached hydrogen (secondary N) is 1. The first-order valence-electron chi connectivity index (χ1n) is 5.37. The standard InChI is InChI=1S/C13H12ClNO3/c1-8(17)15-9-2-4-12(14)11(6-9)13-5-3-10(7-16)18-13/h2-6,16H,7H2,1H3,(H,15,17). The fraction of sp³-hybridized carbons (Fsp3) is 0.154. The maximum Gasteiger partial charge on any atom is 0.221 e. The van der Waals surface area contributed by atoms with Crippen molar-refractivity contribution in [3.63, 3.8) is 0 Å². The van der Waals surface area contributed by atoms with Gasteiger partial charge in [-0.05, 0) is 30.3 Å². The molecule has 0 fully saturated rings. The highest BCUT2D eigenvalue weighted by Gasteiger charge is 2.10. The van der Waals surface area contributed by atoms with Crippen LogP contribution in [0.15, 0.2) is 34.7 Å². The second-order valence-electron chi connectivity index (χ2n) is 3.80. The molecule has 1 aromatic carbocycles. The fourth-order valence-corrected chi connectivity index (χ4v) is 1.81. The van der Waals surface area contributed by atoms with E-state index in [0.29, 0.717) is 27.8 Å². The number of aliphatic hydroxyl groups is 1. The van der Waals surface area contributed by atoms with Crippen LogP contribution in [-0.4, -0.2) is 11.0 Å². The van der Waals surface area contributed by atoms with E-state index in [1.54, 1.807) is 30.3 Å². The van der Waals surface area contributed by atoms with Gasteiger partial charge in [-0.1, -0.05) is 11.6 Å². The molecular weight excluding hydrogens is 254 g/mol. The lowest BCUT2D eigenvalue weighted by Gasteiger charge is -2.06. The molecule has 0 aliphatic rings. The van der Waals surface area contributed by atoms with E-state index in [0.717, 1.165) is 0 Å². The molecule has 2 rings (SSSR count). The van der Waals surface area contributed by atoms with Crippen LogP contribution in [0.25, 0.3) is 11.3 Å². The Hall–Kier alpha value is -1.78. The minimum absolute atomic E-state index is 0.154. The molecule has 0 bridgehead atoms. The molecule has 0 aliphatic heterocycles. The largest absolute Gasteiger partial charge is 0.459 e. The van der Waals surface area contributed by atoms with E-state index >= 15 is 0 Å². The topological polar surface area (TPSA) is 62.5 Å². The Bertz CT molecular complexity index is 577. The SMILES string of the molecule is CC(=O)Nc1ccc(Cl)c(-c2ccc(CO)o2)c1.